The van der Waals surface area contributed by atoms with Crippen LogP contribution in [0.2, 0.25) is 0 Å². The number of azo groups is 1. The fourth-order valence-electron chi connectivity index (χ4n) is 4.14. The van der Waals surface area contributed by atoms with E-state index < -0.39 is 15.0 Å². The Hall–Kier alpha value is -3.75. The van der Waals surface area contributed by atoms with Crippen molar-refractivity contribution in [3.63, 3.8) is 0 Å². The van der Waals surface area contributed by atoms with E-state index in [2.05, 4.69) is 27.3 Å². The summed E-state index contributed by atoms with van der Waals surface area (Å²) in [6, 6.07) is 22.1. The van der Waals surface area contributed by atoms with Crippen molar-refractivity contribution in [1.29, 1.82) is 0 Å². The molecular formula is C25H21N3O4S. The smallest absolute Gasteiger partial charge is 0.296 e. The molecule has 0 amide bonds. The molecule has 1 heterocycles. The Kier molecular flexibility index (Phi) is 5.11. The summed E-state index contributed by atoms with van der Waals surface area (Å²) in [4.78, 5) is 1.67. The largest absolute Gasteiger partial charge is 0.505 e. The molecule has 2 N–H and O–H groups in total. The predicted molar refractivity (Wildman–Crippen MR) is 127 cm³/mol. The van der Waals surface area contributed by atoms with Crippen LogP contribution in [0.3, 0.4) is 0 Å². The van der Waals surface area contributed by atoms with Gasteiger partial charge >= 0.3 is 0 Å². The molecule has 0 unspecified atom stereocenters. The van der Waals surface area contributed by atoms with Gasteiger partial charge in [-0.2, -0.15) is 13.5 Å². The van der Waals surface area contributed by atoms with Crippen molar-refractivity contribution in [3.8, 4) is 5.75 Å². The van der Waals surface area contributed by atoms with E-state index in [1.54, 1.807) is 30.3 Å². The van der Waals surface area contributed by atoms with Crippen LogP contribution in [0, 0.1) is 6.92 Å². The fraction of sp³-hybridized carbons (Fsp3) is 0.120. The van der Waals surface area contributed by atoms with Crippen molar-refractivity contribution >= 4 is 38.0 Å². The number of aryl methyl sites for hydroxylation is 1. The Balaban J connectivity index is 1.59. The van der Waals surface area contributed by atoms with Gasteiger partial charge in [0.15, 0.2) is 5.75 Å². The third-order valence-corrected chi connectivity index (χ3v) is 6.65. The first-order valence-corrected chi connectivity index (χ1v) is 11.8. The summed E-state index contributed by atoms with van der Waals surface area (Å²) < 4.78 is 34.1. The second-order valence-electron chi connectivity index (χ2n) is 8.12. The molecule has 0 aliphatic carbocycles. The highest BCUT2D eigenvalue weighted by atomic mass is 32.2. The van der Waals surface area contributed by atoms with Crippen LogP contribution >= 0.6 is 0 Å². The van der Waals surface area contributed by atoms with E-state index in [4.69, 9.17) is 0 Å². The highest BCUT2D eigenvalue weighted by Gasteiger charge is 2.24. The summed E-state index contributed by atoms with van der Waals surface area (Å²) in [7, 11) is -4.66. The minimum absolute atomic E-state index is 0.298. The van der Waals surface area contributed by atoms with E-state index in [-0.39, 0.29) is 11.4 Å². The number of rotatable bonds is 4. The lowest BCUT2D eigenvalue weighted by Crippen LogP contribution is -2.14. The summed E-state index contributed by atoms with van der Waals surface area (Å²) in [5.41, 5.74) is 4.53. The highest BCUT2D eigenvalue weighted by molar-refractivity contribution is 7.86. The number of fused-ring (bicyclic) bond motifs is 2. The Labute approximate surface area is 191 Å². The zero-order chi connectivity index (χ0) is 23.2. The number of anilines is 1. The van der Waals surface area contributed by atoms with Crippen LogP contribution in [0.4, 0.5) is 17.1 Å². The number of phenols is 1. The Morgan fingerprint density at radius 2 is 1.61 bits per heavy atom. The van der Waals surface area contributed by atoms with Crippen molar-refractivity contribution in [2.45, 2.75) is 24.9 Å². The van der Waals surface area contributed by atoms with Gasteiger partial charge in [0.1, 0.15) is 10.6 Å². The molecule has 0 atom stereocenters. The molecule has 33 heavy (non-hydrogen) atoms. The van der Waals surface area contributed by atoms with E-state index in [1.807, 2.05) is 31.2 Å². The van der Waals surface area contributed by atoms with E-state index in [1.165, 1.54) is 17.2 Å². The van der Waals surface area contributed by atoms with Gasteiger partial charge in [-0.05, 0) is 65.4 Å². The number of phenolic OH excluding ortho intramolecular Hbond substituents is 1. The quantitative estimate of drug-likeness (QED) is 0.286. The maximum Gasteiger partial charge on any atom is 0.296 e. The molecule has 4 aromatic carbocycles. The molecule has 0 spiro atoms. The average Bonchev–Trinajstić information content (AvgIpc) is 3.22. The SMILES string of the molecule is Cc1cccc(N=Nc2c(S(=O)(=O)O)cc3cc(N4Cc5ccccc5C4)ccc3c2O)c1. The average molecular weight is 460 g/mol. The van der Waals surface area contributed by atoms with Crippen LogP contribution in [0.1, 0.15) is 16.7 Å². The van der Waals surface area contributed by atoms with Crippen LogP contribution < -0.4 is 4.90 Å². The lowest BCUT2D eigenvalue weighted by Gasteiger charge is -2.19. The number of hydrogen-bond donors (Lipinski definition) is 2. The first kappa shape index (κ1) is 21.1. The summed E-state index contributed by atoms with van der Waals surface area (Å²) in [6.07, 6.45) is 0. The number of benzene rings is 4. The minimum Gasteiger partial charge on any atom is -0.505 e. The van der Waals surface area contributed by atoms with Gasteiger partial charge in [0.2, 0.25) is 0 Å². The zero-order valence-electron chi connectivity index (χ0n) is 17.8. The molecular weight excluding hydrogens is 438 g/mol. The fourth-order valence-corrected chi connectivity index (χ4v) is 4.80. The van der Waals surface area contributed by atoms with Crippen LogP contribution in [-0.4, -0.2) is 18.1 Å². The van der Waals surface area contributed by atoms with Crippen molar-refractivity contribution in [2.75, 3.05) is 4.90 Å². The standard InChI is InChI=1S/C25H21N3O4S/c1-16-5-4-8-20(11-16)26-27-24-23(33(30,31)32)13-19-12-21(9-10-22(19)25(24)29)28-14-17-6-2-3-7-18(17)15-28/h2-13,29H,14-15H2,1H3,(H,30,31,32). The molecule has 1 aliphatic rings. The molecule has 4 aromatic rings. The maximum atomic E-state index is 12.1. The third kappa shape index (κ3) is 4.06. The predicted octanol–water partition coefficient (Wildman–Crippen LogP) is 6.04. The van der Waals surface area contributed by atoms with Crippen molar-refractivity contribution in [2.24, 2.45) is 10.2 Å². The summed E-state index contributed by atoms with van der Waals surface area (Å²) in [5, 5.41) is 19.8. The molecule has 0 saturated carbocycles. The molecule has 0 fully saturated rings. The second-order valence-corrected chi connectivity index (χ2v) is 9.51. The molecule has 166 valence electrons. The molecule has 0 radical (unpaired) electrons. The third-order valence-electron chi connectivity index (χ3n) is 5.79. The van der Waals surface area contributed by atoms with Crippen LogP contribution in [-0.2, 0) is 23.2 Å². The summed E-state index contributed by atoms with van der Waals surface area (Å²) >= 11 is 0. The van der Waals surface area contributed by atoms with E-state index in [0.29, 0.717) is 16.5 Å². The first-order valence-electron chi connectivity index (χ1n) is 10.4. The molecule has 5 rings (SSSR count). The van der Waals surface area contributed by atoms with Gasteiger partial charge in [-0.25, -0.2) is 0 Å². The van der Waals surface area contributed by atoms with Crippen LogP contribution in [0.25, 0.3) is 10.8 Å². The molecule has 0 aromatic heterocycles. The van der Waals surface area contributed by atoms with Gasteiger partial charge in [-0.15, -0.1) is 5.11 Å². The summed E-state index contributed by atoms with van der Waals surface area (Å²) in [6.45, 7) is 3.37. The monoisotopic (exact) mass is 459 g/mol. The van der Waals surface area contributed by atoms with Crippen LogP contribution in [0.15, 0.2) is 87.9 Å². The van der Waals surface area contributed by atoms with Crippen molar-refractivity contribution in [3.05, 3.63) is 89.5 Å². The molecule has 7 nitrogen and oxygen atoms in total. The van der Waals surface area contributed by atoms with Gasteiger partial charge in [0.25, 0.3) is 10.1 Å². The Morgan fingerprint density at radius 3 is 2.27 bits per heavy atom. The number of hydrogen-bond acceptors (Lipinski definition) is 6. The summed E-state index contributed by atoms with van der Waals surface area (Å²) in [5.74, 6) is -0.354. The molecule has 0 saturated heterocycles. The van der Waals surface area contributed by atoms with Crippen molar-refractivity contribution in [1.82, 2.24) is 0 Å². The maximum absolute atomic E-state index is 12.1. The minimum atomic E-state index is -4.66. The van der Waals surface area contributed by atoms with E-state index in [0.717, 1.165) is 24.3 Å². The molecule has 0 bridgehead atoms. The Bertz CT molecular complexity index is 1510. The van der Waals surface area contributed by atoms with E-state index in [9.17, 15) is 18.1 Å². The Morgan fingerprint density at radius 1 is 0.879 bits per heavy atom. The topological polar surface area (TPSA) is 103 Å². The molecule has 8 heteroatoms. The number of nitrogens with zero attached hydrogens (tertiary/aromatic N) is 3. The van der Waals surface area contributed by atoms with Gasteiger partial charge in [0, 0.05) is 24.2 Å². The highest BCUT2D eigenvalue weighted by Crippen LogP contribution is 2.43. The molecule has 1 aliphatic heterocycles. The van der Waals surface area contributed by atoms with Crippen LogP contribution in [0.5, 0.6) is 5.75 Å². The van der Waals surface area contributed by atoms with E-state index >= 15 is 0 Å². The van der Waals surface area contributed by atoms with Gasteiger partial charge in [-0.3, -0.25) is 4.55 Å². The van der Waals surface area contributed by atoms with Gasteiger partial charge < -0.3 is 10.0 Å². The van der Waals surface area contributed by atoms with Crippen molar-refractivity contribution < 1.29 is 18.1 Å². The number of aromatic hydroxyl groups is 1. The normalized spacial score (nSPS) is 13.7. The second kappa shape index (κ2) is 7.99. The van der Waals surface area contributed by atoms with Gasteiger partial charge in [-0.1, -0.05) is 36.4 Å². The lowest BCUT2D eigenvalue weighted by molar-refractivity contribution is 0.472. The lowest BCUT2D eigenvalue weighted by atomic mass is 10.1. The first-order chi connectivity index (χ1) is 15.8. The van der Waals surface area contributed by atoms with Gasteiger partial charge in [0.05, 0.1) is 5.69 Å². The zero-order valence-corrected chi connectivity index (χ0v) is 18.6.